The van der Waals surface area contributed by atoms with Crippen LogP contribution < -0.4 is 11.1 Å². The number of hydrogen-bond donors (Lipinski definition) is 4. The molecule has 6 nitrogen and oxygen atoms in total. The summed E-state index contributed by atoms with van der Waals surface area (Å²) in [7, 11) is 0. The number of nitrogens with one attached hydrogen (secondary N) is 2. The van der Waals surface area contributed by atoms with Gasteiger partial charge in [0.05, 0.1) is 6.04 Å². The fraction of sp³-hybridized carbons (Fsp3) is 0.286. The molecule has 0 unspecified atom stereocenters. The van der Waals surface area contributed by atoms with Crippen LogP contribution in [0, 0.1) is 0 Å². The molecule has 0 aliphatic carbocycles. The Morgan fingerprint density at radius 1 is 1.45 bits per heavy atom. The van der Waals surface area contributed by atoms with E-state index in [1.807, 2.05) is 6.92 Å². The van der Waals surface area contributed by atoms with E-state index in [0.717, 1.165) is 17.7 Å². The molecule has 0 aliphatic rings. The van der Waals surface area contributed by atoms with Gasteiger partial charge in [0, 0.05) is 11.8 Å². The van der Waals surface area contributed by atoms with Gasteiger partial charge in [0.1, 0.15) is 5.75 Å². The van der Waals surface area contributed by atoms with E-state index in [2.05, 4.69) is 15.5 Å². The van der Waals surface area contributed by atoms with Crippen molar-refractivity contribution in [1.82, 2.24) is 10.2 Å². The van der Waals surface area contributed by atoms with Gasteiger partial charge in [0.2, 0.25) is 5.91 Å². The van der Waals surface area contributed by atoms with Crippen LogP contribution in [0.5, 0.6) is 5.75 Å². The molecule has 1 atom stereocenters. The highest BCUT2D eigenvalue weighted by molar-refractivity contribution is 5.94. The second-order valence-corrected chi connectivity index (χ2v) is 4.60. The number of nitrogens with zero attached hydrogens (tertiary/aromatic N) is 1. The molecule has 2 aromatic rings. The van der Waals surface area contributed by atoms with Crippen molar-refractivity contribution in [3.8, 4) is 5.75 Å². The summed E-state index contributed by atoms with van der Waals surface area (Å²) < 4.78 is 0. The van der Waals surface area contributed by atoms with Crippen molar-refractivity contribution in [2.45, 2.75) is 25.8 Å². The number of amides is 1. The van der Waals surface area contributed by atoms with Gasteiger partial charge in [-0.25, -0.2) is 0 Å². The first kappa shape index (κ1) is 14.1. The summed E-state index contributed by atoms with van der Waals surface area (Å²) in [6.45, 7) is 2.00. The molecule has 0 radical (unpaired) electrons. The van der Waals surface area contributed by atoms with E-state index in [1.54, 1.807) is 30.3 Å². The topological polar surface area (TPSA) is 104 Å². The first-order valence-corrected chi connectivity index (χ1v) is 6.47. The maximum absolute atomic E-state index is 11.9. The average Bonchev–Trinajstić information content (AvgIpc) is 2.89. The van der Waals surface area contributed by atoms with Crippen molar-refractivity contribution >= 4 is 11.7 Å². The molecular formula is C14H18N4O2. The highest BCUT2D eigenvalue weighted by atomic mass is 16.3. The Labute approximate surface area is 117 Å². The van der Waals surface area contributed by atoms with Crippen molar-refractivity contribution in [3.05, 3.63) is 41.6 Å². The van der Waals surface area contributed by atoms with Crippen molar-refractivity contribution in [3.63, 3.8) is 0 Å². The van der Waals surface area contributed by atoms with E-state index >= 15 is 0 Å². The molecule has 0 fully saturated rings. The lowest BCUT2D eigenvalue weighted by atomic mass is 10.1. The lowest BCUT2D eigenvalue weighted by Crippen LogP contribution is -2.37. The molecule has 106 valence electrons. The largest absolute Gasteiger partial charge is 0.508 e. The molecule has 1 aromatic carbocycles. The number of carbonyl (C=O) groups is 1. The zero-order valence-electron chi connectivity index (χ0n) is 11.3. The number of phenols is 1. The summed E-state index contributed by atoms with van der Waals surface area (Å²) in [6.07, 6.45) is 1.22. The molecule has 6 heteroatoms. The zero-order chi connectivity index (χ0) is 14.5. The van der Waals surface area contributed by atoms with Gasteiger partial charge < -0.3 is 16.2 Å². The van der Waals surface area contributed by atoms with E-state index in [1.165, 1.54) is 0 Å². The fourth-order valence-electron chi connectivity index (χ4n) is 1.80. The Morgan fingerprint density at radius 3 is 2.75 bits per heavy atom. The van der Waals surface area contributed by atoms with Crippen LogP contribution in [0.3, 0.4) is 0 Å². The predicted molar refractivity (Wildman–Crippen MR) is 76.4 cm³/mol. The van der Waals surface area contributed by atoms with Crippen molar-refractivity contribution < 1.29 is 9.90 Å². The number of carbonyl (C=O) groups excluding carboxylic acids is 1. The molecule has 1 aromatic heterocycles. The Morgan fingerprint density at radius 2 is 2.15 bits per heavy atom. The molecule has 2 rings (SSSR count). The molecule has 5 N–H and O–H groups in total. The molecule has 0 bridgehead atoms. The van der Waals surface area contributed by atoms with Crippen LogP contribution in [0.25, 0.3) is 0 Å². The maximum atomic E-state index is 11.9. The minimum atomic E-state index is -0.665. The van der Waals surface area contributed by atoms with Gasteiger partial charge in [0.15, 0.2) is 5.82 Å². The van der Waals surface area contributed by atoms with Crippen LogP contribution in [0.4, 0.5) is 5.82 Å². The molecule has 1 heterocycles. The number of rotatable bonds is 5. The monoisotopic (exact) mass is 274 g/mol. The fourth-order valence-corrected chi connectivity index (χ4v) is 1.80. The lowest BCUT2D eigenvalue weighted by Gasteiger charge is -2.10. The maximum Gasteiger partial charge on any atom is 0.242 e. The number of aryl methyl sites for hydroxylation is 1. The molecule has 0 aliphatic heterocycles. The smallest absolute Gasteiger partial charge is 0.242 e. The van der Waals surface area contributed by atoms with Crippen molar-refractivity contribution in [1.29, 1.82) is 0 Å². The second-order valence-electron chi connectivity index (χ2n) is 4.60. The van der Waals surface area contributed by atoms with Gasteiger partial charge in [-0.1, -0.05) is 19.1 Å². The standard InChI is InChI=1S/C14H18N4O2/c1-2-10-8-13(18-17-10)16-14(20)12(15)7-9-3-5-11(19)6-4-9/h3-6,8,12,19H,2,7,15H2,1H3,(H2,16,17,18,20)/t12-/m0/s1. The minimum absolute atomic E-state index is 0.190. The van der Waals surface area contributed by atoms with Gasteiger partial charge in [-0.2, -0.15) is 5.10 Å². The highest BCUT2D eigenvalue weighted by Gasteiger charge is 2.15. The van der Waals surface area contributed by atoms with Crippen LogP contribution >= 0.6 is 0 Å². The summed E-state index contributed by atoms with van der Waals surface area (Å²) in [6, 6.07) is 7.74. The molecule has 0 saturated heterocycles. The van der Waals surface area contributed by atoms with Gasteiger partial charge in [-0.15, -0.1) is 0 Å². The minimum Gasteiger partial charge on any atom is -0.508 e. The third-order valence-corrected chi connectivity index (χ3v) is 2.99. The quantitative estimate of drug-likeness (QED) is 0.657. The van der Waals surface area contributed by atoms with Crippen LogP contribution in [-0.4, -0.2) is 27.3 Å². The van der Waals surface area contributed by atoms with Crippen LogP contribution in [0.15, 0.2) is 30.3 Å². The molecule has 0 spiro atoms. The first-order chi connectivity index (χ1) is 9.58. The highest BCUT2D eigenvalue weighted by Crippen LogP contribution is 2.12. The van der Waals surface area contributed by atoms with E-state index in [-0.39, 0.29) is 11.7 Å². The van der Waals surface area contributed by atoms with E-state index in [0.29, 0.717) is 12.2 Å². The molecular weight excluding hydrogens is 256 g/mol. The number of aromatic hydroxyl groups is 1. The average molecular weight is 274 g/mol. The van der Waals surface area contributed by atoms with Crippen molar-refractivity contribution in [2.24, 2.45) is 5.73 Å². The number of hydrogen-bond acceptors (Lipinski definition) is 4. The Kier molecular flexibility index (Phi) is 4.37. The zero-order valence-corrected chi connectivity index (χ0v) is 11.3. The SMILES string of the molecule is CCc1cc(NC(=O)[C@@H](N)Cc2ccc(O)cc2)n[nH]1. The molecule has 1 amide bonds. The number of anilines is 1. The summed E-state index contributed by atoms with van der Waals surface area (Å²) in [5.74, 6) is 0.385. The van der Waals surface area contributed by atoms with Gasteiger partial charge in [0.25, 0.3) is 0 Å². The third kappa shape index (κ3) is 3.58. The number of nitrogens with two attached hydrogens (primary N) is 1. The number of benzene rings is 1. The number of phenolic OH excluding ortho intramolecular Hbond substituents is 1. The van der Waals surface area contributed by atoms with E-state index in [9.17, 15) is 9.90 Å². The predicted octanol–water partition coefficient (Wildman–Crippen LogP) is 1.19. The van der Waals surface area contributed by atoms with Gasteiger partial charge in [-0.3, -0.25) is 9.89 Å². The van der Waals surface area contributed by atoms with Crippen LogP contribution in [0.1, 0.15) is 18.2 Å². The number of H-pyrrole nitrogens is 1. The summed E-state index contributed by atoms with van der Waals surface area (Å²) in [5, 5.41) is 18.7. The molecule has 0 saturated carbocycles. The summed E-state index contributed by atoms with van der Waals surface area (Å²) in [5.41, 5.74) is 7.70. The Hall–Kier alpha value is -2.34. The third-order valence-electron chi connectivity index (χ3n) is 2.99. The lowest BCUT2D eigenvalue weighted by molar-refractivity contribution is -0.117. The summed E-state index contributed by atoms with van der Waals surface area (Å²) >= 11 is 0. The number of aromatic nitrogens is 2. The Bertz CT molecular complexity index is 577. The van der Waals surface area contributed by atoms with E-state index in [4.69, 9.17) is 5.73 Å². The van der Waals surface area contributed by atoms with Crippen LogP contribution in [0.2, 0.25) is 0 Å². The number of aromatic amines is 1. The van der Waals surface area contributed by atoms with E-state index < -0.39 is 6.04 Å². The normalized spacial score (nSPS) is 12.1. The Balaban J connectivity index is 1.93. The second kappa shape index (κ2) is 6.21. The summed E-state index contributed by atoms with van der Waals surface area (Å²) in [4.78, 5) is 11.9. The van der Waals surface area contributed by atoms with Gasteiger partial charge >= 0.3 is 0 Å². The van der Waals surface area contributed by atoms with Gasteiger partial charge in [-0.05, 0) is 30.5 Å². The first-order valence-electron chi connectivity index (χ1n) is 6.47. The van der Waals surface area contributed by atoms with Crippen molar-refractivity contribution in [2.75, 3.05) is 5.32 Å². The van der Waals surface area contributed by atoms with Crippen LogP contribution in [-0.2, 0) is 17.6 Å². The molecule has 20 heavy (non-hydrogen) atoms.